The molecule has 2 aromatic carbocycles. The molecule has 2 amide bonds. The number of hydrogen-bond acceptors (Lipinski definition) is 5. The number of nitrogens with one attached hydrogen (secondary N) is 1. The molecule has 0 saturated carbocycles. The lowest BCUT2D eigenvalue weighted by Gasteiger charge is -2.36. The highest BCUT2D eigenvalue weighted by Gasteiger charge is 2.35. The van der Waals surface area contributed by atoms with E-state index in [4.69, 9.17) is 4.74 Å². The van der Waals surface area contributed by atoms with Gasteiger partial charge in [-0.15, -0.1) is 0 Å². The summed E-state index contributed by atoms with van der Waals surface area (Å²) in [6.45, 7) is 10.5. The Hall–Kier alpha value is -3.06. The average molecular weight is 451 g/mol. The molecule has 0 spiro atoms. The molecule has 1 unspecified atom stereocenters. The molecule has 4 rings (SSSR count). The smallest absolute Gasteiger partial charge is 0.227 e. The number of rotatable bonds is 8. The maximum atomic E-state index is 12.7. The van der Waals surface area contributed by atoms with E-state index in [1.165, 1.54) is 11.3 Å². The summed E-state index contributed by atoms with van der Waals surface area (Å²) in [7, 11) is 0. The van der Waals surface area contributed by atoms with Crippen LogP contribution in [0.3, 0.4) is 0 Å². The van der Waals surface area contributed by atoms with Gasteiger partial charge in [-0.3, -0.25) is 14.5 Å². The maximum Gasteiger partial charge on any atom is 0.227 e. The summed E-state index contributed by atoms with van der Waals surface area (Å²) in [5.41, 5.74) is 3.38. The second kappa shape index (κ2) is 10.7. The van der Waals surface area contributed by atoms with E-state index in [1.54, 1.807) is 4.90 Å². The van der Waals surface area contributed by atoms with Crippen molar-refractivity contribution in [3.8, 4) is 5.75 Å². The van der Waals surface area contributed by atoms with Gasteiger partial charge in [-0.2, -0.15) is 0 Å². The lowest BCUT2D eigenvalue weighted by atomic mass is 10.1. The second-order valence-electron chi connectivity index (χ2n) is 8.79. The number of amides is 2. The van der Waals surface area contributed by atoms with Gasteiger partial charge in [0, 0.05) is 63.6 Å². The van der Waals surface area contributed by atoms with Crippen LogP contribution in [0.5, 0.6) is 5.75 Å². The number of ether oxygens (including phenoxy) is 1. The molecule has 7 nitrogen and oxygen atoms in total. The molecule has 0 aromatic heterocycles. The first-order chi connectivity index (χ1) is 16.0. The molecule has 2 aromatic rings. The maximum absolute atomic E-state index is 12.7. The van der Waals surface area contributed by atoms with E-state index in [2.05, 4.69) is 46.3 Å². The van der Waals surface area contributed by atoms with Crippen LogP contribution in [0.15, 0.2) is 48.5 Å². The number of benzene rings is 2. The summed E-state index contributed by atoms with van der Waals surface area (Å²) in [5.74, 6) is 0.436. The average Bonchev–Trinajstić information content (AvgIpc) is 3.22. The van der Waals surface area contributed by atoms with Gasteiger partial charge in [-0.1, -0.05) is 12.1 Å². The molecular formula is C26H34N4O3. The van der Waals surface area contributed by atoms with Gasteiger partial charge < -0.3 is 19.9 Å². The van der Waals surface area contributed by atoms with Crippen LogP contribution in [0, 0.1) is 12.8 Å². The standard InChI is InChI=1S/C26H34N4O3/c1-3-33-24-9-7-22(8-10-24)30-19-21(18-25(30)31)26(32)27-11-12-28-13-15-29(16-14-28)23-6-4-5-20(2)17-23/h4-10,17,21H,3,11-16,18-19H2,1-2H3,(H,27,32). The van der Waals surface area contributed by atoms with Crippen molar-refractivity contribution in [2.75, 3.05) is 62.2 Å². The first kappa shape index (κ1) is 23.1. The van der Waals surface area contributed by atoms with Crippen molar-refractivity contribution < 1.29 is 14.3 Å². The van der Waals surface area contributed by atoms with Crippen molar-refractivity contribution in [3.63, 3.8) is 0 Å². The molecule has 0 bridgehead atoms. The van der Waals surface area contributed by atoms with Gasteiger partial charge in [-0.25, -0.2) is 0 Å². The third-order valence-electron chi connectivity index (χ3n) is 6.42. The molecule has 2 saturated heterocycles. The Kier molecular flexibility index (Phi) is 7.50. The third kappa shape index (κ3) is 5.85. The van der Waals surface area contributed by atoms with E-state index in [9.17, 15) is 9.59 Å². The van der Waals surface area contributed by atoms with Crippen LogP contribution >= 0.6 is 0 Å². The van der Waals surface area contributed by atoms with Crippen molar-refractivity contribution in [2.24, 2.45) is 5.92 Å². The Morgan fingerprint density at radius 1 is 1.06 bits per heavy atom. The number of hydrogen-bond donors (Lipinski definition) is 1. The largest absolute Gasteiger partial charge is 0.494 e. The normalized spacial score (nSPS) is 19.1. The minimum atomic E-state index is -0.303. The molecule has 7 heteroatoms. The first-order valence-electron chi connectivity index (χ1n) is 11.9. The number of piperazine rings is 1. The molecule has 33 heavy (non-hydrogen) atoms. The zero-order valence-electron chi connectivity index (χ0n) is 19.6. The van der Waals surface area contributed by atoms with Gasteiger partial charge >= 0.3 is 0 Å². The van der Waals surface area contributed by atoms with Crippen LogP contribution in [-0.4, -0.2) is 69.1 Å². The molecule has 2 aliphatic heterocycles. The molecule has 2 heterocycles. The van der Waals surface area contributed by atoms with Crippen molar-refractivity contribution in [1.82, 2.24) is 10.2 Å². The predicted molar refractivity (Wildman–Crippen MR) is 131 cm³/mol. The molecule has 0 radical (unpaired) electrons. The highest BCUT2D eigenvalue weighted by atomic mass is 16.5. The van der Waals surface area contributed by atoms with Gasteiger partial charge in [-0.05, 0) is 55.8 Å². The van der Waals surface area contributed by atoms with Gasteiger partial charge in [0.1, 0.15) is 5.75 Å². The van der Waals surface area contributed by atoms with Crippen molar-refractivity contribution in [2.45, 2.75) is 20.3 Å². The monoisotopic (exact) mass is 450 g/mol. The predicted octanol–water partition coefficient (Wildman–Crippen LogP) is 2.69. The Morgan fingerprint density at radius 2 is 1.82 bits per heavy atom. The second-order valence-corrected chi connectivity index (χ2v) is 8.79. The number of carbonyl (C=O) groups is 2. The van der Waals surface area contributed by atoms with Gasteiger partial charge in [0.25, 0.3) is 0 Å². The van der Waals surface area contributed by atoms with E-state index in [-0.39, 0.29) is 24.2 Å². The fraction of sp³-hybridized carbons (Fsp3) is 0.462. The minimum Gasteiger partial charge on any atom is -0.494 e. The minimum absolute atomic E-state index is 0.00780. The van der Waals surface area contributed by atoms with Crippen molar-refractivity contribution >= 4 is 23.2 Å². The van der Waals surface area contributed by atoms with Gasteiger partial charge in [0.2, 0.25) is 11.8 Å². The number of aryl methyl sites for hydroxylation is 1. The fourth-order valence-corrected chi connectivity index (χ4v) is 4.56. The first-order valence-corrected chi connectivity index (χ1v) is 11.9. The quantitative estimate of drug-likeness (QED) is 0.670. The zero-order valence-corrected chi connectivity index (χ0v) is 19.6. The zero-order chi connectivity index (χ0) is 23.2. The van der Waals surface area contributed by atoms with Crippen LogP contribution in [0.2, 0.25) is 0 Å². The topological polar surface area (TPSA) is 65.1 Å². The highest BCUT2D eigenvalue weighted by molar-refractivity contribution is 6.00. The van der Waals surface area contributed by atoms with Crippen LogP contribution in [0.25, 0.3) is 0 Å². The summed E-state index contributed by atoms with van der Waals surface area (Å²) in [4.78, 5) is 31.7. The van der Waals surface area contributed by atoms with Crippen LogP contribution in [0.1, 0.15) is 18.9 Å². The van der Waals surface area contributed by atoms with Gasteiger partial charge in [0.05, 0.1) is 12.5 Å². The Labute approximate surface area is 196 Å². The Bertz CT molecular complexity index is 954. The van der Waals surface area contributed by atoms with E-state index < -0.39 is 0 Å². The Morgan fingerprint density at radius 3 is 2.52 bits per heavy atom. The summed E-state index contributed by atoms with van der Waals surface area (Å²) in [6, 6.07) is 16.1. The van der Waals surface area contributed by atoms with Crippen molar-refractivity contribution in [3.05, 3.63) is 54.1 Å². The highest BCUT2D eigenvalue weighted by Crippen LogP contribution is 2.27. The Balaban J connectivity index is 1.19. The molecule has 1 N–H and O–H groups in total. The van der Waals surface area contributed by atoms with Crippen LogP contribution in [0.4, 0.5) is 11.4 Å². The summed E-state index contributed by atoms with van der Waals surface area (Å²) in [6.07, 6.45) is 0.258. The number of anilines is 2. The van der Waals surface area contributed by atoms with Crippen molar-refractivity contribution in [1.29, 1.82) is 0 Å². The molecule has 0 aliphatic carbocycles. The SMILES string of the molecule is CCOc1ccc(N2CC(C(=O)NCCN3CCN(c4cccc(C)c4)CC3)CC2=O)cc1. The lowest BCUT2D eigenvalue weighted by Crippen LogP contribution is -2.48. The number of carbonyl (C=O) groups excluding carboxylic acids is 2. The third-order valence-corrected chi connectivity index (χ3v) is 6.42. The summed E-state index contributed by atoms with van der Waals surface area (Å²) >= 11 is 0. The lowest BCUT2D eigenvalue weighted by molar-refractivity contribution is -0.126. The van der Waals surface area contributed by atoms with Crippen LogP contribution in [-0.2, 0) is 9.59 Å². The molecule has 2 fully saturated rings. The summed E-state index contributed by atoms with van der Waals surface area (Å²) in [5, 5.41) is 3.05. The molecule has 1 atom stereocenters. The molecule has 2 aliphatic rings. The van der Waals surface area contributed by atoms with Crippen LogP contribution < -0.4 is 19.9 Å². The summed E-state index contributed by atoms with van der Waals surface area (Å²) < 4.78 is 5.46. The van der Waals surface area contributed by atoms with E-state index in [0.29, 0.717) is 19.7 Å². The van der Waals surface area contributed by atoms with E-state index in [0.717, 1.165) is 44.2 Å². The van der Waals surface area contributed by atoms with Gasteiger partial charge in [0.15, 0.2) is 0 Å². The molecule has 176 valence electrons. The van der Waals surface area contributed by atoms with E-state index in [1.807, 2.05) is 31.2 Å². The molecular weight excluding hydrogens is 416 g/mol. The van der Waals surface area contributed by atoms with E-state index >= 15 is 0 Å². The fourth-order valence-electron chi connectivity index (χ4n) is 4.56. The number of nitrogens with zero attached hydrogens (tertiary/aromatic N) is 3.